The summed E-state index contributed by atoms with van der Waals surface area (Å²) < 4.78 is 81.8. The van der Waals surface area contributed by atoms with Crippen molar-refractivity contribution in [2.24, 2.45) is 0 Å². The van der Waals surface area contributed by atoms with Crippen molar-refractivity contribution >= 4 is 5.69 Å². The maximum absolute atomic E-state index is 13.7. The minimum atomic E-state index is -4.97. The number of aromatic nitrogens is 1. The van der Waals surface area contributed by atoms with Crippen LogP contribution in [0.3, 0.4) is 0 Å². The van der Waals surface area contributed by atoms with E-state index >= 15 is 0 Å². The number of nitrogens with zero attached hydrogens (tertiary/aromatic N) is 2. The Labute approximate surface area is 137 Å². The summed E-state index contributed by atoms with van der Waals surface area (Å²) in [5.41, 5.74) is -2.73. The second-order valence-electron chi connectivity index (χ2n) is 5.71. The van der Waals surface area contributed by atoms with E-state index < -0.39 is 48.0 Å². The van der Waals surface area contributed by atoms with E-state index in [0.29, 0.717) is 6.20 Å². The molecule has 2 aromatic rings. The maximum Gasteiger partial charge on any atom is 0.418 e. The van der Waals surface area contributed by atoms with E-state index in [2.05, 4.69) is 4.85 Å². The van der Waals surface area contributed by atoms with Crippen LogP contribution in [0, 0.1) is 12.4 Å². The van der Waals surface area contributed by atoms with Gasteiger partial charge in [0, 0.05) is 29.6 Å². The van der Waals surface area contributed by atoms with Crippen molar-refractivity contribution in [1.82, 2.24) is 4.57 Å². The molecule has 0 saturated carbocycles. The summed E-state index contributed by atoms with van der Waals surface area (Å²) in [6.07, 6.45) is -8.30. The highest BCUT2D eigenvalue weighted by atomic mass is 19.4. The molecule has 1 aliphatic rings. The minimum Gasteiger partial charge on any atom is -0.382 e. The summed E-state index contributed by atoms with van der Waals surface area (Å²) in [7, 11) is 0. The molecule has 0 radical (unpaired) electrons. The average molecular weight is 360 g/mol. The standard InChI is InChI=1S/C16H10F6N2O/c1-23-9-4-8(17)5-10(6-9)24-7-11(16(20,21)22)13-12(24)2-3-15(18,19)14(13)25/h4-7,14,25H,2-3H2. The van der Waals surface area contributed by atoms with Crippen LogP contribution in [0.25, 0.3) is 10.5 Å². The molecule has 1 aromatic heterocycles. The second-order valence-corrected chi connectivity index (χ2v) is 5.71. The summed E-state index contributed by atoms with van der Waals surface area (Å²) in [4.78, 5) is 3.03. The van der Waals surface area contributed by atoms with Gasteiger partial charge in [-0.15, -0.1) is 0 Å². The number of benzene rings is 1. The number of aliphatic hydroxyl groups excluding tert-OH is 1. The van der Waals surface area contributed by atoms with Crippen LogP contribution in [0.15, 0.2) is 24.4 Å². The van der Waals surface area contributed by atoms with Crippen molar-refractivity contribution in [3.63, 3.8) is 0 Å². The predicted molar refractivity (Wildman–Crippen MR) is 75.2 cm³/mol. The molecule has 3 rings (SSSR count). The van der Waals surface area contributed by atoms with E-state index in [-0.39, 0.29) is 17.1 Å². The zero-order valence-electron chi connectivity index (χ0n) is 12.4. The van der Waals surface area contributed by atoms with Gasteiger partial charge in [0.25, 0.3) is 5.92 Å². The number of aliphatic hydroxyl groups is 1. The fourth-order valence-electron chi connectivity index (χ4n) is 2.97. The summed E-state index contributed by atoms with van der Waals surface area (Å²) in [5.74, 6) is -4.54. The molecule has 1 atom stereocenters. The van der Waals surface area contributed by atoms with E-state index in [9.17, 15) is 31.4 Å². The molecular formula is C16H10F6N2O. The SMILES string of the molecule is [C-]#[N+]c1cc(F)cc(-n2cc(C(F)(F)F)c3c2CCC(F)(F)C3O)c1. The van der Waals surface area contributed by atoms with Crippen LogP contribution in [0.1, 0.15) is 29.3 Å². The van der Waals surface area contributed by atoms with Crippen molar-refractivity contribution < 1.29 is 31.4 Å². The maximum atomic E-state index is 13.7. The molecule has 132 valence electrons. The van der Waals surface area contributed by atoms with E-state index in [1.165, 1.54) is 0 Å². The third-order valence-corrected chi connectivity index (χ3v) is 4.10. The van der Waals surface area contributed by atoms with Crippen molar-refractivity contribution in [2.45, 2.75) is 31.0 Å². The normalized spacial score (nSPS) is 19.4. The van der Waals surface area contributed by atoms with Crippen LogP contribution in [-0.2, 0) is 12.6 Å². The highest BCUT2D eigenvalue weighted by molar-refractivity contribution is 5.55. The van der Waals surface area contributed by atoms with Gasteiger partial charge in [0.1, 0.15) is 11.9 Å². The van der Waals surface area contributed by atoms with E-state index in [1.807, 2.05) is 0 Å². The number of alkyl halides is 5. The second kappa shape index (κ2) is 5.52. The highest BCUT2D eigenvalue weighted by Gasteiger charge is 2.50. The molecule has 0 fully saturated rings. The molecule has 1 N–H and O–H groups in total. The van der Waals surface area contributed by atoms with Gasteiger partial charge in [-0.2, -0.15) is 13.2 Å². The van der Waals surface area contributed by atoms with Crippen molar-refractivity contribution in [1.29, 1.82) is 0 Å². The molecule has 0 spiro atoms. The first-order chi connectivity index (χ1) is 11.5. The van der Waals surface area contributed by atoms with Gasteiger partial charge in [-0.25, -0.2) is 18.0 Å². The molecule has 1 heterocycles. The molecule has 1 unspecified atom stereocenters. The lowest BCUT2D eigenvalue weighted by Crippen LogP contribution is -2.33. The Morgan fingerprint density at radius 2 is 1.92 bits per heavy atom. The summed E-state index contributed by atoms with van der Waals surface area (Å²) in [6, 6.07) is 2.95. The van der Waals surface area contributed by atoms with Gasteiger partial charge in [-0.3, -0.25) is 0 Å². The quantitative estimate of drug-likeness (QED) is 0.575. The first-order valence-electron chi connectivity index (χ1n) is 7.10. The zero-order valence-corrected chi connectivity index (χ0v) is 12.4. The molecule has 0 aliphatic heterocycles. The van der Waals surface area contributed by atoms with Crippen LogP contribution in [0.4, 0.5) is 32.0 Å². The first-order valence-corrected chi connectivity index (χ1v) is 7.10. The number of rotatable bonds is 1. The minimum absolute atomic E-state index is 0.102. The molecule has 1 aromatic carbocycles. The van der Waals surface area contributed by atoms with Gasteiger partial charge in [0.05, 0.1) is 12.1 Å². The van der Waals surface area contributed by atoms with Crippen molar-refractivity contribution in [2.75, 3.05) is 0 Å². The Kier molecular flexibility index (Phi) is 3.84. The van der Waals surface area contributed by atoms with Crippen LogP contribution >= 0.6 is 0 Å². The Balaban J connectivity index is 2.28. The highest BCUT2D eigenvalue weighted by Crippen LogP contribution is 2.48. The lowest BCUT2D eigenvalue weighted by Gasteiger charge is -2.29. The predicted octanol–water partition coefficient (Wildman–Crippen LogP) is 4.80. The topological polar surface area (TPSA) is 29.5 Å². The van der Waals surface area contributed by atoms with Gasteiger partial charge in [0.2, 0.25) is 0 Å². The lowest BCUT2D eigenvalue weighted by molar-refractivity contribution is -0.147. The van der Waals surface area contributed by atoms with Crippen molar-refractivity contribution in [3.8, 4) is 5.69 Å². The number of hydrogen-bond donors (Lipinski definition) is 1. The lowest BCUT2D eigenvalue weighted by atomic mass is 9.89. The summed E-state index contributed by atoms with van der Waals surface area (Å²) in [6.45, 7) is 6.91. The fraction of sp³-hybridized carbons (Fsp3) is 0.312. The van der Waals surface area contributed by atoms with Gasteiger partial charge in [0.15, 0.2) is 5.69 Å². The molecule has 9 heteroatoms. The Hall–Kier alpha value is -2.47. The number of fused-ring (bicyclic) bond motifs is 1. The van der Waals surface area contributed by atoms with Crippen LogP contribution < -0.4 is 0 Å². The molecule has 25 heavy (non-hydrogen) atoms. The van der Waals surface area contributed by atoms with E-state index in [1.54, 1.807) is 0 Å². The summed E-state index contributed by atoms with van der Waals surface area (Å²) in [5, 5.41) is 9.76. The largest absolute Gasteiger partial charge is 0.418 e. The molecule has 3 nitrogen and oxygen atoms in total. The monoisotopic (exact) mass is 360 g/mol. The summed E-state index contributed by atoms with van der Waals surface area (Å²) >= 11 is 0. The molecule has 0 amide bonds. The van der Waals surface area contributed by atoms with Crippen LogP contribution in [-0.4, -0.2) is 15.6 Å². The van der Waals surface area contributed by atoms with Crippen LogP contribution in [0.2, 0.25) is 0 Å². The van der Waals surface area contributed by atoms with E-state index in [4.69, 9.17) is 6.57 Å². The molecule has 0 saturated heterocycles. The average Bonchev–Trinajstić information content (AvgIpc) is 2.90. The Bertz CT molecular complexity index is 878. The Morgan fingerprint density at radius 3 is 2.52 bits per heavy atom. The van der Waals surface area contributed by atoms with Gasteiger partial charge in [-0.05, 0) is 24.6 Å². The Morgan fingerprint density at radius 1 is 1.24 bits per heavy atom. The molecule has 1 aliphatic carbocycles. The number of hydrogen-bond acceptors (Lipinski definition) is 1. The zero-order chi connectivity index (χ0) is 18.6. The first kappa shape index (κ1) is 17.4. The smallest absolute Gasteiger partial charge is 0.382 e. The van der Waals surface area contributed by atoms with Gasteiger partial charge >= 0.3 is 6.18 Å². The van der Waals surface area contributed by atoms with Crippen molar-refractivity contribution in [3.05, 3.63) is 58.5 Å². The van der Waals surface area contributed by atoms with Gasteiger partial charge in [-0.1, -0.05) is 0 Å². The third-order valence-electron chi connectivity index (χ3n) is 4.10. The van der Waals surface area contributed by atoms with Crippen LogP contribution in [0.5, 0.6) is 0 Å². The molecular weight excluding hydrogens is 350 g/mol. The molecule has 0 bridgehead atoms. The third kappa shape index (κ3) is 2.87. The fourth-order valence-corrected chi connectivity index (χ4v) is 2.97. The van der Waals surface area contributed by atoms with E-state index in [0.717, 1.165) is 22.8 Å². The van der Waals surface area contributed by atoms with Gasteiger partial charge < -0.3 is 9.67 Å². The number of halogens is 6.